The maximum Gasteiger partial charge on any atom is 0.335 e. The van der Waals surface area contributed by atoms with Crippen molar-refractivity contribution in [3.63, 3.8) is 0 Å². The standard InChI is InChI=1S/C12H10FNO3/c1-8(15)14-4-2-3-9-5-10(12(16)17)7-11(13)6-9/h5-7H,4H2,1H3,(H,14,15)(H,16,17). The van der Waals surface area contributed by atoms with Gasteiger partial charge < -0.3 is 10.4 Å². The van der Waals surface area contributed by atoms with E-state index in [4.69, 9.17) is 5.11 Å². The summed E-state index contributed by atoms with van der Waals surface area (Å²) in [6, 6.07) is 3.32. The number of carbonyl (C=O) groups excluding carboxylic acids is 1. The van der Waals surface area contributed by atoms with Gasteiger partial charge in [-0.2, -0.15) is 0 Å². The molecule has 1 amide bonds. The summed E-state index contributed by atoms with van der Waals surface area (Å²) in [5.74, 6) is 3.06. The summed E-state index contributed by atoms with van der Waals surface area (Å²) in [4.78, 5) is 21.2. The first-order chi connectivity index (χ1) is 7.99. The van der Waals surface area contributed by atoms with Crippen LogP contribution in [-0.2, 0) is 4.79 Å². The summed E-state index contributed by atoms with van der Waals surface area (Å²) in [5, 5.41) is 11.2. The average molecular weight is 235 g/mol. The van der Waals surface area contributed by atoms with Gasteiger partial charge in [0.1, 0.15) is 5.82 Å². The van der Waals surface area contributed by atoms with Crippen molar-refractivity contribution in [2.24, 2.45) is 0 Å². The molecule has 1 rings (SSSR count). The molecule has 1 aromatic carbocycles. The number of amides is 1. The zero-order chi connectivity index (χ0) is 12.8. The summed E-state index contributed by atoms with van der Waals surface area (Å²) >= 11 is 0. The van der Waals surface area contributed by atoms with E-state index < -0.39 is 11.8 Å². The Bertz CT molecular complexity index is 514. The zero-order valence-electron chi connectivity index (χ0n) is 9.08. The lowest BCUT2D eigenvalue weighted by Crippen LogP contribution is -2.19. The Morgan fingerprint density at radius 2 is 2.12 bits per heavy atom. The van der Waals surface area contributed by atoms with Crippen LogP contribution < -0.4 is 5.32 Å². The molecule has 0 unspecified atom stereocenters. The van der Waals surface area contributed by atoms with E-state index in [2.05, 4.69) is 17.2 Å². The first-order valence-electron chi connectivity index (χ1n) is 4.76. The molecule has 4 nitrogen and oxygen atoms in total. The second kappa shape index (κ2) is 5.66. The highest BCUT2D eigenvalue weighted by Crippen LogP contribution is 2.08. The average Bonchev–Trinajstić information content (AvgIpc) is 2.23. The highest BCUT2D eigenvalue weighted by Gasteiger charge is 2.05. The molecule has 5 heteroatoms. The van der Waals surface area contributed by atoms with Crippen molar-refractivity contribution in [3.8, 4) is 11.8 Å². The maximum atomic E-state index is 13.0. The second-order valence-corrected chi connectivity index (χ2v) is 3.25. The smallest absolute Gasteiger partial charge is 0.335 e. The Labute approximate surface area is 97.5 Å². The minimum Gasteiger partial charge on any atom is -0.478 e. The van der Waals surface area contributed by atoms with Crippen LogP contribution in [0.1, 0.15) is 22.8 Å². The van der Waals surface area contributed by atoms with Gasteiger partial charge in [0, 0.05) is 12.5 Å². The first-order valence-corrected chi connectivity index (χ1v) is 4.76. The van der Waals surface area contributed by atoms with Gasteiger partial charge in [0.05, 0.1) is 12.1 Å². The van der Waals surface area contributed by atoms with Gasteiger partial charge in [-0.3, -0.25) is 4.79 Å². The molecule has 17 heavy (non-hydrogen) atoms. The van der Waals surface area contributed by atoms with E-state index in [1.54, 1.807) is 0 Å². The summed E-state index contributed by atoms with van der Waals surface area (Å²) < 4.78 is 13.0. The number of hydrogen-bond acceptors (Lipinski definition) is 2. The van der Waals surface area contributed by atoms with E-state index in [0.29, 0.717) is 0 Å². The molecule has 0 spiro atoms. The second-order valence-electron chi connectivity index (χ2n) is 3.25. The molecule has 1 aromatic rings. The first kappa shape index (κ1) is 12.7. The predicted molar refractivity (Wildman–Crippen MR) is 58.9 cm³/mol. The maximum absolute atomic E-state index is 13.0. The van der Waals surface area contributed by atoms with Gasteiger partial charge >= 0.3 is 5.97 Å². The Morgan fingerprint density at radius 3 is 2.71 bits per heavy atom. The predicted octanol–water partition coefficient (Wildman–Crippen LogP) is 1.01. The molecular weight excluding hydrogens is 225 g/mol. The van der Waals surface area contributed by atoms with E-state index in [9.17, 15) is 14.0 Å². The number of carboxylic acids is 1. The van der Waals surface area contributed by atoms with Crippen LogP contribution in [0.15, 0.2) is 18.2 Å². The minimum absolute atomic E-state index is 0.133. The molecule has 0 radical (unpaired) electrons. The van der Waals surface area contributed by atoms with E-state index in [1.807, 2.05) is 0 Å². The highest BCUT2D eigenvalue weighted by atomic mass is 19.1. The van der Waals surface area contributed by atoms with Crippen molar-refractivity contribution >= 4 is 11.9 Å². The Morgan fingerprint density at radius 1 is 1.41 bits per heavy atom. The molecule has 0 aromatic heterocycles. The van der Waals surface area contributed by atoms with E-state index >= 15 is 0 Å². The summed E-state index contributed by atoms with van der Waals surface area (Å²) in [6.45, 7) is 1.49. The molecule has 0 aliphatic carbocycles. The lowest BCUT2D eigenvalue weighted by molar-refractivity contribution is -0.118. The molecule has 0 bridgehead atoms. The van der Waals surface area contributed by atoms with Crippen molar-refractivity contribution in [2.75, 3.05) is 6.54 Å². The fourth-order valence-corrected chi connectivity index (χ4v) is 1.10. The molecule has 0 saturated heterocycles. The molecule has 0 aliphatic rings. The monoisotopic (exact) mass is 235 g/mol. The topological polar surface area (TPSA) is 66.4 Å². The quantitative estimate of drug-likeness (QED) is 0.752. The summed E-state index contributed by atoms with van der Waals surface area (Å²) in [6.07, 6.45) is 0. The van der Waals surface area contributed by atoms with Crippen molar-refractivity contribution in [1.29, 1.82) is 0 Å². The van der Waals surface area contributed by atoms with Crippen LogP contribution in [0.25, 0.3) is 0 Å². The van der Waals surface area contributed by atoms with Crippen LogP contribution in [0.5, 0.6) is 0 Å². The lowest BCUT2D eigenvalue weighted by Gasteiger charge is -1.97. The third-order valence-electron chi connectivity index (χ3n) is 1.80. The van der Waals surface area contributed by atoms with Crippen molar-refractivity contribution in [2.45, 2.75) is 6.92 Å². The Balaban J connectivity index is 2.84. The van der Waals surface area contributed by atoms with Crippen molar-refractivity contribution in [1.82, 2.24) is 5.32 Å². The number of hydrogen-bond donors (Lipinski definition) is 2. The molecule has 88 valence electrons. The molecule has 0 atom stereocenters. The summed E-state index contributed by atoms with van der Waals surface area (Å²) in [7, 11) is 0. The van der Waals surface area contributed by atoms with Crippen LogP contribution in [0.2, 0.25) is 0 Å². The molecular formula is C12H10FNO3. The fourth-order valence-electron chi connectivity index (χ4n) is 1.10. The zero-order valence-corrected chi connectivity index (χ0v) is 9.08. The SMILES string of the molecule is CC(=O)NCC#Cc1cc(F)cc(C(=O)O)c1. The fraction of sp³-hybridized carbons (Fsp3) is 0.167. The Kier molecular flexibility index (Phi) is 4.23. The molecule has 2 N–H and O–H groups in total. The largest absolute Gasteiger partial charge is 0.478 e. The van der Waals surface area contributed by atoms with E-state index in [1.165, 1.54) is 13.0 Å². The van der Waals surface area contributed by atoms with Crippen LogP contribution in [0.4, 0.5) is 4.39 Å². The number of rotatable bonds is 2. The number of halogens is 1. The van der Waals surface area contributed by atoms with Gasteiger partial charge in [0.25, 0.3) is 0 Å². The third kappa shape index (κ3) is 4.34. The molecule has 0 heterocycles. The van der Waals surface area contributed by atoms with E-state index in [-0.39, 0.29) is 23.6 Å². The minimum atomic E-state index is -1.21. The van der Waals surface area contributed by atoms with Gasteiger partial charge in [-0.1, -0.05) is 11.8 Å². The number of aromatic carboxylic acids is 1. The van der Waals surface area contributed by atoms with Crippen molar-refractivity contribution in [3.05, 3.63) is 35.1 Å². The van der Waals surface area contributed by atoms with Gasteiger partial charge in [-0.25, -0.2) is 9.18 Å². The number of nitrogens with one attached hydrogen (secondary N) is 1. The van der Waals surface area contributed by atoms with Crippen LogP contribution in [0, 0.1) is 17.7 Å². The molecule has 0 aliphatic heterocycles. The Hall–Kier alpha value is -2.35. The third-order valence-corrected chi connectivity index (χ3v) is 1.80. The van der Waals surface area contributed by atoms with Crippen LogP contribution >= 0.6 is 0 Å². The van der Waals surface area contributed by atoms with Crippen LogP contribution in [0.3, 0.4) is 0 Å². The molecule has 0 fully saturated rings. The van der Waals surface area contributed by atoms with Gasteiger partial charge in [-0.15, -0.1) is 0 Å². The van der Waals surface area contributed by atoms with Gasteiger partial charge in [-0.05, 0) is 18.2 Å². The number of carboxylic acid groups (broad SMARTS) is 1. The van der Waals surface area contributed by atoms with Crippen molar-refractivity contribution < 1.29 is 19.1 Å². The van der Waals surface area contributed by atoms with E-state index in [0.717, 1.165) is 12.1 Å². The van der Waals surface area contributed by atoms with Crippen LogP contribution in [-0.4, -0.2) is 23.5 Å². The number of carbonyl (C=O) groups is 2. The summed E-state index contributed by atoms with van der Waals surface area (Å²) in [5.41, 5.74) is 0.0987. The van der Waals surface area contributed by atoms with Gasteiger partial charge in [0.2, 0.25) is 5.91 Å². The van der Waals surface area contributed by atoms with Gasteiger partial charge in [0.15, 0.2) is 0 Å². The molecule has 0 saturated carbocycles. The highest BCUT2D eigenvalue weighted by molar-refractivity contribution is 5.88. The lowest BCUT2D eigenvalue weighted by atomic mass is 10.1. The normalized spacial score (nSPS) is 9.06. The number of benzene rings is 1.